The number of anilines is 1. The van der Waals surface area contributed by atoms with E-state index < -0.39 is 0 Å². The molecule has 1 heterocycles. The van der Waals surface area contributed by atoms with Gasteiger partial charge in [0.25, 0.3) is 0 Å². The van der Waals surface area contributed by atoms with Gasteiger partial charge in [0.15, 0.2) is 0 Å². The van der Waals surface area contributed by atoms with Crippen LogP contribution in [0.4, 0.5) is 5.69 Å². The van der Waals surface area contributed by atoms with Crippen molar-refractivity contribution in [3.8, 4) is 0 Å². The first-order chi connectivity index (χ1) is 8.27. The van der Waals surface area contributed by atoms with Gasteiger partial charge in [0.05, 0.1) is 13.2 Å². The van der Waals surface area contributed by atoms with Crippen molar-refractivity contribution in [2.24, 2.45) is 0 Å². The Kier molecular flexibility index (Phi) is 4.40. The molecule has 0 aliphatic carbocycles. The number of hydrogen-bond donors (Lipinski definition) is 2. The summed E-state index contributed by atoms with van der Waals surface area (Å²) in [4.78, 5) is 0. The van der Waals surface area contributed by atoms with E-state index in [1.807, 2.05) is 0 Å². The van der Waals surface area contributed by atoms with Gasteiger partial charge >= 0.3 is 0 Å². The molecule has 3 heteroatoms. The normalized spacial score (nSPS) is 20.2. The van der Waals surface area contributed by atoms with E-state index in [0.717, 1.165) is 32.7 Å². The molecule has 1 aromatic carbocycles. The second kappa shape index (κ2) is 6.03. The molecule has 0 radical (unpaired) electrons. The van der Waals surface area contributed by atoms with Crippen LogP contribution in [0.15, 0.2) is 18.2 Å². The van der Waals surface area contributed by atoms with Gasteiger partial charge in [-0.1, -0.05) is 12.1 Å². The van der Waals surface area contributed by atoms with E-state index in [1.54, 1.807) is 0 Å². The lowest BCUT2D eigenvalue weighted by molar-refractivity contribution is 0.0753. The van der Waals surface area contributed by atoms with Crippen molar-refractivity contribution in [2.45, 2.75) is 26.3 Å². The molecular weight excluding hydrogens is 212 g/mol. The van der Waals surface area contributed by atoms with Crippen LogP contribution in [-0.2, 0) is 4.74 Å². The van der Waals surface area contributed by atoms with Gasteiger partial charge in [-0.25, -0.2) is 0 Å². The zero-order valence-electron chi connectivity index (χ0n) is 10.8. The second-order valence-electron chi connectivity index (χ2n) is 4.69. The Morgan fingerprint density at radius 2 is 2.29 bits per heavy atom. The highest BCUT2D eigenvalue weighted by atomic mass is 16.5. The third kappa shape index (κ3) is 3.45. The fourth-order valence-corrected chi connectivity index (χ4v) is 2.13. The number of nitrogens with one attached hydrogen (secondary N) is 2. The average molecular weight is 234 g/mol. The van der Waals surface area contributed by atoms with Crippen LogP contribution in [0.3, 0.4) is 0 Å². The number of hydrogen-bond acceptors (Lipinski definition) is 3. The quantitative estimate of drug-likeness (QED) is 0.837. The molecule has 0 bridgehead atoms. The molecule has 1 atom stereocenters. The summed E-state index contributed by atoms with van der Waals surface area (Å²) in [5, 5.41) is 6.97. The molecule has 0 spiro atoms. The second-order valence-corrected chi connectivity index (χ2v) is 4.69. The maximum atomic E-state index is 5.44. The summed E-state index contributed by atoms with van der Waals surface area (Å²) in [6.07, 6.45) is 1.10. The van der Waals surface area contributed by atoms with E-state index in [4.69, 9.17) is 4.74 Å². The Morgan fingerprint density at radius 1 is 1.41 bits per heavy atom. The van der Waals surface area contributed by atoms with Gasteiger partial charge in [-0.05, 0) is 37.5 Å². The van der Waals surface area contributed by atoms with Crippen molar-refractivity contribution in [3.05, 3.63) is 29.3 Å². The molecular formula is C14H22N2O. The SMILES string of the molecule is Cc1cccc(NCCC2COCCN2)c1C. The minimum atomic E-state index is 0.501. The fourth-order valence-electron chi connectivity index (χ4n) is 2.13. The Labute approximate surface area is 104 Å². The zero-order chi connectivity index (χ0) is 12.1. The molecule has 1 unspecified atom stereocenters. The summed E-state index contributed by atoms with van der Waals surface area (Å²) in [5.41, 5.74) is 3.94. The maximum Gasteiger partial charge on any atom is 0.0620 e. The average Bonchev–Trinajstić information content (AvgIpc) is 2.36. The van der Waals surface area contributed by atoms with Gasteiger partial charge < -0.3 is 15.4 Å². The first kappa shape index (κ1) is 12.4. The summed E-state index contributed by atoms with van der Waals surface area (Å²) in [7, 11) is 0. The fraction of sp³-hybridized carbons (Fsp3) is 0.571. The molecule has 17 heavy (non-hydrogen) atoms. The number of morpholine rings is 1. The lowest BCUT2D eigenvalue weighted by atomic mass is 10.1. The topological polar surface area (TPSA) is 33.3 Å². The van der Waals surface area contributed by atoms with Gasteiger partial charge in [-0.2, -0.15) is 0 Å². The van der Waals surface area contributed by atoms with E-state index >= 15 is 0 Å². The third-order valence-corrected chi connectivity index (χ3v) is 3.41. The molecule has 2 N–H and O–H groups in total. The predicted molar refractivity (Wildman–Crippen MR) is 71.6 cm³/mol. The minimum Gasteiger partial charge on any atom is -0.385 e. The van der Waals surface area contributed by atoms with Gasteiger partial charge in [-0.15, -0.1) is 0 Å². The Morgan fingerprint density at radius 3 is 3.06 bits per heavy atom. The van der Waals surface area contributed by atoms with E-state index in [1.165, 1.54) is 16.8 Å². The van der Waals surface area contributed by atoms with Crippen molar-refractivity contribution in [1.82, 2.24) is 5.32 Å². The number of aryl methyl sites for hydroxylation is 1. The predicted octanol–water partition coefficient (Wildman–Crippen LogP) is 2.09. The van der Waals surface area contributed by atoms with E-state index in [-0.39, 0.29) is 0 Å². The molecule has 1 aliphatic rings. The Balaban J connectivity index is 1.79. The molecule has 1 saturated heterocycles. The van der Waals surface area contributed by atoms with Crippen LogP contribution in [0.5, 0.6) is 0 Å². The molecule has 3 nitrogen and oxygen atoms in total. The van der Waals surface area contributed by atoms with E-state index in [9.17, 15) is 0 Å². The van der Waals surface area contributed by atoms with Crippen LogP contribution >= 0.6 is 0 Å². The monoisotopic (exact) mass is 234 g/mol. The third-order valence-electron chi connectivity index (χ3n) is 3.41. The largest absolute Gasteiger partial charge is 0.385 e. The van der Waals surface area contributed by atoms with E-state index in [0.29, 0.717) is 6.04 Å². The maximum absolute atomic E-state index is 5.44. The summed E-state index contributed by atoms with van der Waals surface area (Å²) in [6, 6.07) is 6.90. The molecule has 0 amide bonds. The van der Waals surface area contributed by atoms with Gasteiger partial charge in [-0.3, -0.25) is 0 Å². The molecule has 2 rings (SSSR count). The number of rotatable bonds is 4. The molecule has 94 valence electrons. The first-order valence-electron chi connectivity index (χ1n) is 6.38. The van der Waals surface area contributed by atoms with E-state index in [2.05, 4.69) is 42.7 Å². The van der Waals surface area contributed by atoms with Crippen molar-refractivity contribution in [2.75, 3.05) is 31.6 Å². The Hall–Kier alpha value is -1.06. The lowest BCUT2D eigenvalue weighted by Crippen LogP contribution is -2.42. The van der Waals surface area contributed by atoms with Crippen molar-refractivity contribution in [1.29, 1.82) is 0 Å². The summed E-state index contributed by atoms with van der Waals surface area (Å²) < 4.78 is 5.44. The minimum absolute atomic E-state index is 0.501. The summed E-state index contributed by atoms with van der Waals surface area (Å²) >= 11 is 0. The van der Waals surface area contributed by atoms with Crippen LogP contribution in [0, 0.1) is 13.8 Å². The molecule has 1 fully saturated rings. The number of ether oxygens (including phenoxy) is 1. The van der Waals surface area contributed by atoms with Crippen molar-refractivity contribution >= 4 is 5.69 Å². The molecule has 0 aromatic heterocycles. The van der Waals surface area contributed by atoms with Gasteiger partial charge in [0, 0.05) is 24.8 Å². The highest BCUT2D eigenvalue weighted by Crippen LogP contribution is 2.17. The van der Waals surface area contributed by atoms with Crippen molar-refractivity contribution in [3.63, 3.8) is 0 Å². The van der Waals surface area contributed by atoms with Crippen LogP contribution in [-0.4, -0.2) is 32.3 Å². The van der Waals surface area contributed by atoms with Gasteiger partial charge in [0.1, 0.15) is 0 Å². The summed E-state index contributed by atoms with van der Waals surface area (Å²) in [6.45, 7) is 7.98. The molecule has 0 saturated carbocycles. The van der Waals surface area contributed by atoms with Crippen LogP contribution in [0.2, 0.25) is 0 Å². The number of benzene rings is 1. The standard InChI is InChI=1S/C14H22N2O/c1-11-4-3-5-14(12(11)2)16-7-6-13-10-17-9-8-15-13/h3-5,13,15-16H,6-10H2,1-2H3. The first-order valence-corrected chi connectivity index (χ1v) is 6.38. The highest BCUT2D eigenvalue weighted by Gasteiger charge is 2.12. The van der Waals surface area contributed by atoms with Crippen LogP contribution < -0.4 is 10.6 Å². The highest BCUT2D eigenvalue weighted by molar-refractivity contribution is 5.53. The van der Waals surface area contributed by atoms with Crippen LogP contribution in [0.25, 0.3) is 0 Å². The lowest BCUT2D eigenvalue weighted by Gasteiger charge is -2.24. The van der Waals surface area contributed by atoms with Crippen molar-refractivity contribution < 1.29 is 4.74 Å². The molecule has 1 aliphatic heterocycles. The van der Waals surface area contributed by atoms with Gasteiger partial charge in [0.2, 0.25) is 0 Å². The molecule has 1 aromatic rings. The zero-order valence-corrected chi connectivity index (χ0v) is 10.8. The Bertz CT molecular complexity index is 359. The van der Waals surface area contributed by atoms with Crippen LogP contribution in [0.1, 0.15) is 17.5 Å². The smallest absolute Gasteiger partial charge is 0.0620 e. The summed E-state index contributed by atoms with van der Waals surface area (Å²) in [5.74, 6) is 0.